The molecule has 1 fully saturated rings. The number of rotatable bonds is 11. The molecule has 12 nitrogen and oxygen atoms in total. The van der Waals surface area contributed by atoms with Gasteiger partial charge in [0.15, 0.2) is 5.96 Å². The third-order valence-electron chi connectivity index (χ3n) is 6.88. The van der Waals surface area contributed by atoms with Gasteiger partial charge in [-0.25, -0.2) is 4.79 Å². The van der Waals surface area contributed by atoms with E-state index in [0.717, 1.165) is 46.5 Å². The van der Waals surface area contributed by atoms with Crippen molar-refractivity contribution in [3.8, 4) is 16.9 Å². The second kappa shape index (κ2) is 13.1. The number of hydrogen-bond donors (Lipinski definition) is 6. The van der Waals surface area contributed by atoms with E-state index in [1.165, 1.54) is 0 Å². The number of aromatic nitrogens is 3. The number of carbonyl (C=O) groups is 1. The van der Waals surface area contributed by atoms with Crippen LogP contribution in [0.3, 0.4) is 0 Å². The van der Waals surface area contributed by atoms with Crippen LogP contribution < -0.4 is 27.4 Å². The molecule has 3 heterocycles. The number of H-pyrrole nitrogens is 1. The van der Waals surface area contributed by atoms with Gasteiger partial charge in [0, 0.05) is 54.7 Å². The summed E-state index contributed by atoms with van der Waals surface area (Å²) < 4.78 is 6.86. The summed E-state index contributed by atoms with van der Waals surface area (Å²) in [6, 6.07) is 17.5. The quantitative estimate of drug-likeness (QED) is 0.0919. The fraction of sp³-hybridized carbons (Fsp3) is 0.310. The predicted octanol–water partition coefficient (Wildman–Crippen LogP) is 1.61. The van der Waals surface area contributed by atoms with Gasteiger partial charge in [0.2, 0.25) is 5.91 Å². The number of nitrogens with two attached hydrogens (primary N) is 1. The molecule has 0 unspecified atom stereocenters. The number of carbonyl (C=O) groups excluding carboxylic acids is 1. The minimum Gasteiger partial charge on any atom is -0.378 e. The van der Waals surface area contributed by atoms with E-state index in [1.807, 2.05) is 59.5 Å². The van der Waals surface area contributed by atoms with Gasteiger partial charge >= 0.3 is 5.69 Å². The number of morpholine rings is 1. The number of anilines is 1. The Labute approximate surface area is 237 Å². The van der Waals surface area contributed by atoms with Gasteiger partial charge in [0.1, 0.15) is 5.65 Å². The normalized spacial score (nSPS) is 13.3. The van der Waals surface area contributed by atoms with Gasteiger partial charge in [-0.1, -0.05) is 24.3 Å². The number of aromatic amines is 1. The third kappa shape index (κ3) is 7.29. The Morgan fingerprint density at radius 3 is 2.68 bits per heavy atom. The number of benzene rings is 2. The first-order chi connectivity index (χ1) is 20.0. The van der Waals surface area contributed by atoms with Crippen LogP contribution in [0, 0.1) is 5.41 Å². The van der Waals surface area contributed by atoms with Gasteiger partial charge in [-0.05, 0) is 48.9 Å². The highest BCUT2D eigenvalue weighted by atomic mass is 16.5. The molecule has 0 bridgehead atoms. The fourth-order valence-electron chi connectivity index (χ4n) is 4.68. The molecular formula is C29H35N9O3. The van der Waals surface area contributed by atoms with E-state index in [4.69, 9.17) is 15.9 Å². The van der Waals surface area contributed by atoms with Crippen molar-refractivity contribution >= 4 is 28.6 Å². The lowest BCUT2D eigenvalue weighted by atomic mass is 10.1. The van der Waals surface area contributed by atoms with Crippen LogP contribution in [0.4, 0.5) is 5.69 Å². The van der Waals surface area contributed by atoms with Crippen LogP contribution in [0.2, 0.25) is 0 Å². The SMILES string of the molecule is N=C(N)NCCCNCc1ccc(-n2cc3cc(-c4cccc(NCC(=O)N5CCOCC5)c4)[nH]c3nc2=O)cc1. The van der Waals surface area contributed by atoms with Crippen molar-refractivity contribution in [1.82, 2.24) is 30.1 Å². The van der Waals surface area contributed by atoms with Crippen LogP contribution in [0.1, 0.15) is 12.0 Å². The first kappa shape index (κ1) is 27.9. The van der Waals surface area contributed by atoms with E-state index < -0.39 is 0 Å². The summed E-state index contributed by atoms with van der Waals surface area (Å²) in [7, 11) is 0. The van der Waals surface area contributed by atoms with Gasteiger partial charge < -0.3 is 36.3 Å². The maximum Gasteiger partial charge on any atom is 0.354 e. The highest BCUT2D eigenvalue weighted by molar-refractivity contribution is 5.84. The molecule has 12 heteroatoms. The van der Waals surface area contributed by atoms with E-state index in [0.29, 0.717) is 45.0 Å². The molecule has 7 N–H and O–H groups in total. The summed E-state index contributed by atoms with van der Waals surface area (Å²) in [6.45, 7) is 4.75. The van der Waals surface area contributed by atoms with Crippen molar-refractivity contribution in [2.75, 3.05) is 51.3 Å². The Kier molecular flexibility index (Phi) is 8.92. The van der Waals surface area contributed by atoms with Crippen molar-refractivity contribution in [1.29, 1.82) is 5.41 Å². The molecule has 214 valence electrons. The van der Waals surface area contributed by atoms with Gasteiger partial charge in [-0.15, -0.1) is 0 Å². The molecule has 1 saturated heterocycles. The van der Waals surface area contributed by atoms with Crippen LogP contribution in [0.5, 0.6) is 0 Å². The van der Waals surface area contributed by atoms with Gasteiger partial charge in [-0.3, -0.25) is 14.8 Å². The summed E-state index contributed by atoms with van der Waals surface area (Å²) in [6.07, 6.45) is 2.65. The maximum absolute atomic E-state index is 12.9. The minimum atomic E-state index is -0.369. The van der Waals surface area contributed by atoms with E-state index in [-0.39, 0.29) is 24.1 Å². The Morgan fingerprint density at radius 2 is 1.90 bits per heavy atom. The molecule has 41 heavy (non-hydrogen) atoms. The lowest BCUT2D eigenvalue weighted by molar-refractivity contribution is -0.133. The van der Waals surface area contributed by atoms with Crippen LogP contribution in [-0.4, -0.2) is 77.2 Å². The largest absolute Gasteiger partial charge is 0.378 e. The average Bonchev–Trinajstić information content (AvgIpc) is 3.41. The van der Waals surface area contributed by atoms with Crippen molar-refractivity contribution in [2.45, 2.75) is 13.0 Å². The number of hydrogen-bond acceptors (Lipinski definition) is 7. The Morgan fingerprint density at radius 1 is 1.10 bits per heavy atom. The second-order valence-electron chi connectivity index (χ2n) is 9.85. The van der Waals surface area contributed by atoms with Gasteiger partial charge in [0.25, 0.3) is 0 Å². The van der Waals surface area contributed by atoms with Crippen molar-refractivity contribution in [3.05, 3.63) is 76.8 Å². The molecule has 5 rings (SSSR count). The van der Waals surface area contributed by atoms with Gasteiger partial charge in [-0.2, -0.15) is 4.98 Å². The second-order valence-corrected chi connectivity index (χ2v) is 9.85. The van der Waals surface area contributed by atoms with Crippen molar-refractivity contribution in [3.63, 3.8) is 0 Å². The molecule has 0 spiro atoms. The first-order valence-corrected chi connectivity index (χ1v) is 13.7. The number of nitrogens with one attached hydrogen (secondary N) is 5. The molecular weight excluding hydrogens is 522 g/mol. The predicted molar refractivity (Wildman–Crippen MR) is 159 cm³/mol. The van der Waals surface area contributed by atoms with Gasteiger partial charge in [0.05, 0.1) is 25.4 Å². The highest BCUT2D eigenvalue weighted by Gasteiger charge is 2.16. The zero-order valence-corrected chi connectivity index (χ0v) is 22.8. The molecule has 0 atom stereocenters. The third-order valence-corrected chi connectivity index (χ3v) is 6.88. The molecule has 1 aliphatic rings. The first-order valence-electron chi connectivity index (χ1n) is 13.7. The number of nitrogens with zero attached hydrogens (tertiary/aromatic N) is 3. The minimum absolute atomic E-state index is 0.0182. The highest BCUT2D eigenvalue weighted by Crippen LogP contribution is 2.25. The Bertz CT molecular complexity index is 1560. The van der Waals surface area contributed by atoms with Crippen LogP contribution in [0.15, 0.2) is 65.6 Å². The lowest BCUT2D eigenvalue weighted by Crippen LogP contribution is -2.43. The topological polar surface area (TPSA) is 166 Å². The van der Waals surface area contributed by atoms with Crippen molar-refractivity contribution < 1.29 is 9.53 Å². The fourth-order valence-corrected chi connectivity index (χ4v) is 4.68. The summed E-state index contributed by atoms with van der Waals surface area (Å²) in [4.78, 5) is 34.7. The smallest absolute Gasteiger partial charge is 0.354 e. The molecule has 0 radical (unpaired) electrons. The standard InChI is InChI=1S/C29H35N9O3/c30-28(31)33-10-2-9-32-17-20-5-7-24(8-6-20)38-19-22-16-25(35-27(22)36-29(38)40)21-3-1-4-23(15-21)34-18-26(39)37-11-13-41-14-12-37/h1,3-8,15-16,19,32,34H,2,9-14,17-18H2,(H4,30,31,33)(H,35,36,40). The molecule has 2 aromatic carbocycles. The van der Waals surface area contributed by atoms with Crippen LogP contribution in [0.25, 0.3) is 28.0 Å². The molecule has 2 aromatic heterocycles. The van der Waals surface area contributed by atoms with Crippen molar-refractivity contribution in [2.24, 2.45) is 5.73 Å². The monoisotopic (exact) mass is 557 g/mol. The molecule has 0 saturated carbocycles. The number of guanidine groups is 1. The Hall–Kier alpha value is -4.68. The zero-order valence-electron chi connectivity index (χ0n) is 22.8. The molecule has 4 aromatic rings. The number of amides is 1. The summed E-state index contributed by atoms with van der Waals surface area (Å²) in [5, 5.41) is 17.3. The molecule has 1 aliphatic heterocycles. The van der Waals surface area contributed by atoms with E-state index >= 15 is 0 Å². The number of fused-ring (bicyclic) bond motifs is 1. The maximum atomic E-state index is 12.9. The molecule has 1 amide bonds. The number of ether oxygens (including phenoxy) is 1. The van der Waals surface area contributed by atoms with Crippen LogP contribution >= 0.6 is 0 Å². The summed E-state index contributed by atoms with van der Waals surface area (Å²) >= 11 is 0. The summed E-state index contributed by atoms with van der Waals surface area (Å²) in [5.74, 6) is 0.0272. The zero-order chi connectivity index (χ0) is 28.6. The molecule has 0 aliphatic carbocycles. The van der Waals surface area contributed by atoms with E-state index in [2.05, 4.69) is 25.9 Å². The Balaban J connectivity index is 1.23. The average molecular weight is 558 g/mol. The van der Waals surface area contributed by atoms with E-state index in [9.17, 15) is 9.59 Å². The van der Waals surface area contributed by atoms with Crippen LogP contribution in [-0.2, 0) is 16.1 Å². The van der Waals surface area contributed by atoms with E-state index in [1.54, 1.807) is 10.8 Å². The summed E-state index contributed by atoms with van der Waals surface area (Å²) in [5.41, 5.74) is 9.83. The lowest BCUT2D eigenvalue weighted by Gasteiger charge is -2.27.